The van der Waals surface area contributed by atoms with Gasteiger partial charge < -0.3 is 25.4 Å². The predicted octanol–water partition coefficient (Wildman–Crippen LogP) is 2.04. The van der Waals surface area contributed by atoms with Crippen LogP contribution in [0.5, 0.6) is 11.5 Å². The zero-order valence-corrected chi connectivity index (χ0v) is 13.0. The number of amides is 1. The third-order valence-corrected chi connectivity index (χ3v) is 3.36. The van der Waals surface area contributed by atoms with E-state index in [2.05, 4.69) is 10.1 Å². The summed E-state index contributed by atoms with van der Waals surface area (Å²) in [7, 11) is 1.17. The summed E-state index contributed by atoms with van der Waals surface area (Å²) in [4.78, 5) is 23.0. The van der Waals surface area contributed by atoms with Gasteiger partial charge in [-0.2, -0.15) is 0 Å². The van der Waals surface area contributed by atoms with Gasteiger partial charge in [0.05, 0.1) is 7.11 Å². The molecule has 0 aromatic heterocycles. The van der Waals surface area contributed by atoms with Crippen LogP contribution in [0.25, 0.3) is 0 Å². The quantitative estimate of drug-likeness (QED) is 0.499. The molecule has 1 rings (SSSR count). The third kappa shape index (κ3) is 4.03. The van der Waals surface area contributed by atoms with Crippen LogP contribution in [-0.2, 0) is 9.53 Å². The number of nitrogens with one attached hydrogen (secondary N) is 1. The largest absolute Gasteiger partial charge is 0.504 e. The standard InChI is InChI=1S/C15H21NO6/c1-15(2,3)11(8-5-6-9(17)10(18)7-8)12(13(19)22-4)16-14(20)21/h5-7,11-12,16-18H,1-4H3,(H,20,21). The lowest BCUT2D eigenvalue weighted by atomic mass is 9.72. The summed E-state index contributed by atoms with van der Waals surface area (Å²) in [6.45, 7) is 5.50. The van der Waals surface area contributed by atoms with Gasteiger partial charge in [0.25, 0.3) is 0 Å². The minimum Gasteiger partial charge on any atom is -0.504 e. The number of rotatable bonds is 4. The number of carboxylic acid groups (broad SMARTS) is 1. The first kappa shape index (κ1) is 17.6. The maximum atomic E-state index is 12.0. The zero-order valence-electron chi connectivity index (χ0n) is 13.0. The monoisotopic (exact) mass is 311 g/mol. The maximum Gasteiger partial charge on any atom is 0.405 e. The molecular formula is C15H21NO6. The van der Waals surface area contributed by atoms with Crippen LogP contribution in [0, 0.1) is 5.41 Å². The molecule has 7 nitrogen and oxygen atoms in total. The van der Waals surface area contributed by atoms with Crippen molar-refractivity contribution in [1.29, 1.82) is 0 Å². The van der Waals surface area contributed by atoms with Gasteiger partial charge in [0.1, 0.15) is 6.04 Å². The fraction of sp³-hybridized carbons (Fsp3) is 0.467. The molecule has 0 spiro atoms. The summed E-state index contributed by atoms with van der Waals surface area (Å²) in [6, 6.07) is 2.99. The molecule has 0 saturated heterocycles. The third-order valence-electron chi connectivity index (χ3n) is 3.36. The maximum absolute atomic E-state index is 12.0. The van der Waals surface area contributed by atoms with Crippen LogP contribution >= 0.6 is 0 Å². The van der Waals surface area contributed by atoms with Crippen LogP contribution in [0.4, 0.5) is 4.79 Å². The molecule has 0 bridgehead atoms. The van der Waals surface area contributed by atoms with E-state index in [-0.39, 0.29) is 11.5 Å². The average Bonchev–Trinajstić information content (AvgIpc) is 2.39. The molecule has 2 unspecified atom stereocenters. The molecule has 122 valence electrons. The van der Waals surface area contributed by atoms with E-state index in [1.54, 1.807) is 0 Å². The number of ether oxygens (including phenoxy) is 1. The van der Waals surface area contributed by atoms with E-state index in [9.17, 15) is 19.8 Å². The van der Waals surface area contributed by atoms with Crippen molar-refractivity contribution < 1.29 is 29.6 Å². The number of hydrogen-bond donors (Lipinski definition) is 4. The summed E-state index contributed by atoms with van der Waals surface area (Å²) in [5, 5.41) is 30.2. The Morgan fingerprint density at radius 1 is 1.18 bits per heavy atom. The number of methoxy groups -OCH3 is 1. The van der Waals surface area contributed by atoms with E-state index in [1.165, 1.54) is 25.3 Å². The second kappa shape index (κ2) is 6.55. The second-order valence-electron chi connectivity index (χ2n) is 6.04. The van der Waals surface area contributed by atoms with E-state index < -0.39 is 29.4 Å². The van der Waals surface area contributed by atoms with Gasteiger partial charge in [0.2, 0.25) is 0 Å². The summed E-state index contributed by atoms with van der Waals surface area (Å²) in [5.41, 5.74) is -0.0167. The molecule has 1 amide bonds. The normalized spacial score (nSPS) is 14.0. The van der Waals surface area contributed by atoms with Crippen LogP contribution in [0.15, 0.2) is 18.2 Å². The summed E-state index contributed by atoms with van der Waals surface area (Å²) in [5.74, 6) is -1.97. The molecular weight excluding hydrogens is 290 g/mol. The Balaban J connectivity index is 3.39. The van der Waals surface area contributed by atoms with E-state index in [0.29, 0.717) is 5.56 Å². The van der Waals surface area contributed by atoms with E-state index in [4.69, 9.17) is 5.11 Å². The van der Waals surface area contributed by atoms with Crippen LogP contribution in [-0.4, -0.2) is 40.5 Å². The van der Waals surface area contributed by atoms with Gasteiger partial charge in [-0.1, -0.05) is 26.8 Å². The van der Waals surface area contributed by atoms with Gasteiger partial charge in [-0.05, 0) is 23.1 Å². The highest BCUT2D eigenvalue weighted by Gasteiger charge is 2.39. The van der Waals surface area contributed by atoms with E-state index >= 15 is 0 Å². The van der Waals surface area contributed by atoms with Crippen molar-refractivity contribution in [3.05, 3.63) is 23.8 Å². The molecule has 0 radical (unpaired) electrons. The zero-order chi connectivity index (χ0) is 17.1. The highest BCUT2D eigenvalue weighted by molar-refractivity contribution is 5.82. The fourth-order valence-corrected chi connectivity index (χ4v) is 2.46. The molecule has 0 aliphatic rings. The molecule has 0 fully saturated rings. The van der Waals surface area contributed by atoms with Gasteiger partial charge in [0, 0.05) is 5.92 Å². The van der Waals surface area contributed by atoms with Gasteiger partial charge in [0.15, 0.2) is 11.5 Å². The number of phenols is 2. The van der Waals surface area contributed by atoms with Gasteiger partial charge in [-0.25, -0.2) is 9.59 Å². The molecule has 4 N–H and O–H groups in total. The smallest absolute Gasteiger partial charge is 0.405 e. The Morgan fingerprint density at radius 3 is 2.18 bits per heavy atom. The highest BCUT2D eigenvalue weighted by atomic mass is 16.5. The number of benzene rings is 1. The molecule has 0 aliphatic heterocycles. The van der Waals surface area contributed by atoms with Crippen molar-refractivity contribution in [1.82, 2.24) is 5.32 Å². The summed E-state index contributed by atoms with van der Waals surface area (Å²) < 4.78 is 4.69. The Kier molecular flexibility index (Phi) is 5.24. The molecule has 0 aliphatic carbocycles. The van der Waals surface area contributed by atoms with Crippen molar-refractivity contribution in [2.75, 3.05) is 7.11 Å². The predicted molar refractivity (Wildman–Crippen MR) is 78.9 cm³/mol. The van der Waals surface area contributed by atoms with Crippen LogP contribution < -0.4 is 5.32 Å². The minimum atomic E-state index is -1.35. The van der Waals surface area contributed by atoms with Crippen LogP contribution in [0.3, 0.4) is 0 Å². The van der Waals surface area contributed by atoms with Crippen molar-refractivity contribution in [3.63, 3.8) is 0 Å². The Labute approximate surface area is 128 Å². The van der Waals surface area contributed by atoms with E-state index in [0.717, 1.165) is 0 Å². The molecule has 1 aromatic rings. The molecule has 0 heterocycles. The van der Waals surface area contributed by atoms with Crippen molar-refractivity contribution in [2.45, 2.75) is 32.7 Å². The lowest BCUT2D eigenvalue weighted by Crippen LogP contribution is -2.48. The number of aromatic hydroxyl groups is 2. The van der Waals surface area contributed by atoms with Gasteiger partial charge in [-0.15, -0.1) is 0 Å². The lowest BCUT2D eigenvalue weighted by Gasteiger charge is -2.36. The Hall–Kier alpha value is -2.44. The SMILES string of the molecule is COC(=O)C(NC(=O)O)C(c1ccc(O)c(O)c1)C(C)(C)C. The molecule has 2 atom stereocenters. The fourth-order valence-electron chi connectivity index (χ4n) is 2.46. The first-order valence-corrected chi connectivity index (χ1v) is 6.67. The average molecular weight is 311 g/mol. The minimum absolute atomic E-state index is 0.294. The Morgan fingerprint density at radius 2 is 1.77 bits per heavy atom. The molecule has 22 heavy (non-hydrogen) atoms. The summed E-state index contributed by atoms with van der Waals surface area (Å²) in [6.07, 6.45) is -1.35. The van der Waals surface area contributed by atoms with Crippen LogP contribution in [0.2, 0.25) is 0 Å². The van der Waals surface area contributed by atoms with Gasteiger partial charge in [-0.3, -0.25) is 0 Å². The number of hydrogen-bond acceptors (Lipinski definition) is 5. The number of carbonyl (C=O) groups excluding carboxylic acids is 1. The highest BCUT2D eigenvalue weighted by Crippen LogP contribution is 2.40. The van der Waals surface area contributed by atoms with Gasteiger partial charge >= 0.3 is 12.1 Å². The first-order valence-electron chi connectivity index (χ1n) is 6.67. The van der Waals surface area contributed by atoms with Crippen molar-refractivity contribution in [3.8, 4) is 11.5 Å². The summed E-state index contributed by atoms with van der Waals surface area (Å²) >= 11 is 0. The molecule has 1 aromatic carbocycles. The number of carbonyl (C=O) groups is 2. The Bertz CT molecular complexity index is 564. The molecule has 7 heteroatoms. The lowest BCUT2D eigenvalue weighted by molar-refractivity contribution is -0.144. The second-order valence-corrected chi connectivity index (χ2v) is 6.04. The van der Waals surface area contributed by atoms with Crippen molar-refractivity contribution in [2.24, 2.45) is 5.41 Å². The molecule has 0 saturated carbocycles. The van der Waals surface area contributed by atoms with Crippen molar-refractivity contribution >= 4 is 12.1 Å². The van der Waals surface area contributed by atoms with Crippen LogP contribution in [0.1, 0.15) is 32.3 Å². The first-order chi connectivity index (χ1) is 10.1. The topological polar surface area (TPSA) is 116 Å². The number of esters is 1. The number of phenolic OH excluding ortho intramolecular Hbond substituents is 2. The van der Waals surface area contributed by atoms with E-state index in [1.807, 2.05) is 20.8 Å².